The number of piperidine rings is 1. The lowest BCUT2D eigenvalue weighted by atomic mass is 9.83. The SMILES string of the molecule is O=C(COc1ccccc1)N1CCC(C2c3nc[nH]c3CCN2CCc2ccccc2)CC1. The van der Waals surface area contributed by atoms with E-state index in [-0.39, 0.29) is 12.5 Å². The van der Waals surface area contributed by atoms with Gasteiger partial charge in [0.1, 0.15) is 5.75 Å². The van der Waals surface area contributed by atoms with Crippen molar-refractivity contribution < 1.29 is 9.53 Å². The Kier molecular flexibility index (Phi) is 6.72. The van der Waals surface area contributed by atoms with Crippen LogP contribution in [0.1, 0.15) is 35.8 Å². The smallest absolute Gasteiger partial charge is 0.260 e. The number of hydrogen-bond acceptors (Lipinski definition) is 4. The summed E-state index contributed by atoms with van der Waals surface area (Å²) in [7, 11) is 0. The second kappa shape index (κ2) is 10.2. The molecule has 1 atom stereocenters. The zero-order chi connectivity index (χ0) is 22.5. The van der Waals surface area contributed by atoms with Crippen LogP contribution in [-0.2, 0) is 17.6 Å². The van der Waals surface area contributed by atoms with Gasteiger partial charge in [0, 0.05) is 38.3 Å². The maximum absolute atomic E-state index is 12.7. The van der Waals surface area contributed by atoms with Crippen molar-refractivity contribution in [3.63, 3.8) is 0 Å². The highest BCUT2D eigenvalue weighted by atomic mass is 16.5. The molecule has 1 N–H and O–H groups in total. The first-order valence-corrected chi connectivity index (χ1v) is 12.0. The van der Waals surface area contributed by atoms with Crippen LogP contribution >= 0.6 is 0 Å². The number of fused-ring (bicyclic) bond motifs is 1. The van der Waals surface area contributed by atoms with Crippen molar-refractivity contribution >= 4 is 5.91 Å². The van der Waals surface area contributed by atoms with E-state index in [4.69, 9.17) is 9.72 Å². The number of carbonyl (C=O) groups is 1. The summed E-state index contributed by atoms with van der Waals surface area (Å²) in [6.45, 7) is 3.75. The van der Waals surface area contributed by atoms with Crippen molar-refractivity contribution in [2.24, 2.45) is 5.92 Å². The maximum Gasteiger partial charge on any atom is 0.260 e. The van der Waals surface area contributed by atoms with E-state index in [0.29, 0.717) is 12.0 Å². The summed E-state index contributed by atoms with van der Waals surface area (Å²) in [5, 5.41) is 0. The highest BCUT2D eigenvalue weighted by Gasteiger charge is 2.37. The van der Waals surface area contributed by atoms with Gasteiger partial charge in [-0.3, -0.25) is 9.69 Å². The number of carbonyl (C=O) groups excluding carboxylic acids is 1. The molecule has 2 aliphatic rings. The van der Waals surface area contributed by atoms with Gasteiger partial charge in [-0.15, -0.1) is 0 Å². The second-order valence-electron chi connectivity index (χ2n) is 9.05. The first-order valence-electron chi connectivity index (χ1n) is 12.0. The molecule has 1 saturated heterocycles. The van der Waals surface area contributed by atoms with E-state index in [1.54, 1.807) is 0 Å². The summed E-state index contributed by atoms with van der Waals surface area (Å²) in [6, 6.07) is 20.6. The summed E-state index contributed by atoms with van der Waals surface area (Å²) in [5.41, 5.74) is 3.88. The monoisotopic (exact) mass is 444 g/mol. The molecule has 1 amide bonds. The number of nitrogens with one attached hydrogen (secondary N) is 1. The lowest BCUT2D eigenvalue weighted by molar-refractivity contribution is -0.135. The first-order chi connectivity index (χ1) is 16.3. The minimum Gasteiger partial charge on any atom is -0.484 e. The van der Waals surface area contributed by atoms with E-state index in [1.165, 1.54) is 17.0 Å². The van der Waals surface area contributed by atoms with E-state index in [1.807, 2.05) is 41.6 Å². The van der Waals surface area contributed by atoms with E-state index in [2.05, 4.69) is 40.2 Å². The van der Waals surface area contributed by atoms with Crippen LogP contribution in [0.2, 0.25) is 0 Å². The quantitative estimate of drug-likeness (QED) is 0.601. The van der Waals surface area contributed by atoms with Gasteiger partial charge in [-0.05, 0) is 42.9 Å². The Morgan fingerprint density at radius 2 is 1.73 bits per heavy atom. The average molecular weight is 445 g/mol. The fourth-order valence-electron chi connectivity index (χ4n) is 5.26. The predicted octanol–water partition coefficient (Wildman–Crippen LogP) is 3.87. The zero-order valence-corrected chi connectivity index (χ0v) is 19.0. The van der Waals surface area contributed by atoms with E-state index in [0.717, 1.165) is 57.6 Å². The molecule has 5 rings (SSSR count). The van der Waals surface area contributed by atoms with Gasteiger partial charge in [0.2, 0.25) is 0 Å². The summed E-state index contributed by atoms with van der Waals surface area (Å²) in [5.74, 6) is 1.31. The molecule has 6 heteroatoms. The number of imidazole rings is 1. The van der Waals surface area contributed by atoms with Crippen LogP contribution in [0.4, 0.5) is 0 Å². The number of likely N-dealkylation sites (tertiary alicyclic amines) is 1. The number of amides is 1. The zero-order valence-electron chi connectivity index (χ0n) is 19.0. The third-order valence-corrected chi connectivity index (χ3v) is 7.05. The number of ether oxygens (including phenoxy) is 1. The molecule has 6 nitrogen and oxygen atoms in total. The Hall–Kier alpha value is -3.12. The number of H-pyrrole nitrogens is 1. The van der Waals surface area contributed by atoms with Crippen molar-refractivity contribution in [3.05, 3.63) is 83.9 Å². The minimum absolute atomic E-state index is 0.0716. The Morgan fingerprint density at radius 3 is 2.48 bits per heavy atom. The molecule has 0 radical (unpaired) electrons. The molecule has 2 aliphatic heterocycles. The summed E-state index contributed by atoms with van der Waals surface area (Å²) < 4.78 is 5.68. The van der Waals surface area contributed by atoms with Crippen molar-refractivity contribution in [1.82, 2.24) is 19.8 Å². The highest BCUT2D eigenvalue weighted by Crippen LogP contribution is 2.38. The first kappa shape index (κ1) is 21.7. The lowest BCUT2D eigenvalue weighted by Gasteiger charge is -2.43. The van der Waals surface area contributed by atoms with Gasteiger partial charge < -0.3 is 14.6 Å². The Bertz CT molecular complexity index is 1030. The highest BCUT2D eigenvalue weighted by molar-refractivity contribution is 5.77. The van der Waals surface area contributed by atoms with Crippen LogP contribution < -0.4 is 4.74 Å². The number of benzene rings is 2. The van der Waals surface area contributed by atoms with E-state index < -0.39 is 0 Å². The third kappa shape index (κ3) is 5.11. The normalized spacial score (nSPS) is 19.3. The molecule has 0 saturated carbocycles. The largest absolute Gasteiger partial charge is 0.484 e. The molecule has 172 valence electrons. The number of para-hydroxylation sites is 1. The Balaban J connectivity index is 1.20. The standard InChI is InChI=1S/C27H32N4O2/c32-25(19-33-23-9-5-2-6-10-23)30-16-12-22(13-17-30)27-26-24(28-20-29-26)14-18-31(27)15-11-21-7-3-1-4-8-21/h1-10,20,22,27H,11-19H2,(H,28,29). The number of nitrogens with zero attached hydrogens (tertiary/aromatic N) is 3. The Morgan fingerprint density at radius 1 is 1.00 bits per heavy atom. The minimum atomic E-state index is 0.0716. The van der Waals surface area contributed by atoms with Crippen molar-refractivity contribution in [2.45, 2.75) is 31.7 Å². The van der Waals surface area contributed by atoms with Crippen molar-refractivity contribution in [3.8, 4) is 5.75 Å². The number of hydrogen-bond donors (Lipinski definition) is 1. The fraction of sp³-hybridized carbons (Fsp3) is 0.407. The Labute approximate surface area is 195 Å². The van der Waals surface area contributed by atoms with Crippen LogP contribution in [0.25, 0.3) is 0 Å². The lowest BCUT2D eigenvalue weighted by Crippen LogP contribution is -2.46. The summed E-state index contributed by atoms with van der Waals surface area (Å²) in [6.07, 6.45) is 5.91. The number of aromatic nitrogens is 2. The van der Waals surface area contributed by atoms with Gasteiger partial charge in [-0.25, -0.2) is 4.98 Å². The molecule has 1 unspecified atom stereocenters. The van der Waals surface area contributed by atoms with Crippen LogP contribution in [0, 0.1) is 5.92 Å². The molecule has 3 heterocycles. The fourth-order valence-corrected chi connectivity index (χ4v) is 5.26. The topological polar surface area (TPSA) is 61.5 Å². The van der Waals surface area contributed by atoms with Gasteiger partial charge in [0.15, 0.2) is 6.61 Å². The van der Waals surface area contributed by atoms with Gasteiger partial charge in [-0.1, -0.05) is 48.5 Å². The van der Waals surface area contributed by atoms with E-state index >= 15 is 0 Å². The molecule has 0 aliphatic carbocycles. The molecule has 2 aromatic carbocycles. The van der Waals surface area contributed by atoms with Crippen LogP contribution in [0.15, 0.2) is 67.0 Å². The van der Waals surface area contributed by atoms with Gasteiger partial charge in [0.05, 0.1) is 18.1 Å². The number of rotatable bonds is 7. The molecule has 33 heavy (non-hydrogen) atoms. The molecule has 3 aromatic rings. The van der Waals surface area contributed by atoms with Crippen LogP contribution in [0.3, 0.4) is 0 Å². The third-order valence-electron chi connectivity index (χ3n) is 7.05. The molecule has 1 aromatic heterocycles. The molecule has 0 bridgehead atoms. The maximum atomic E-state index is 12.7. The van der Waals surface area contributed by atoms with Crippen LogP contribution in [-0.4, -0.2) is 58.5 Å². The predicted molar refractivity (Wildman–Crippen MR) is 128 cm³/mol. The summed E-state index contributed by atoms with van der Waals surface area (Å²) in [4.78, 5) is 25.4. The molecular weight excluding hydrogens is 412 g/mol. The molecule has 1 fully saturated rings. The van der Waals surface area contributed by atoms with Crippen molar-refractivity contribution in [1.29, 1.82) is 0 Å². The van der Waals surface area contributed by atoms with Crippen molar-refractivity contribution in [2.75, 3.05) is 32.8 Å². The summed E-state index contributed by atoms with van der Waals surface area (Å²) >= 11 is 0. The molecular formula is C27H32N4O2. The van der Waals surface area contributed by atoms with Crippen LogP contribution in [0.5, 0.6) is 5.75 Å². The number of aromatic amines is 1. The van der Waals surface area contributed by atoms with Gasteiger partial charge >= 0.3 is 0 Å². The average Bonchev–Trinajstić information content (AvgIpc) is 3.36. The molecule has 0 spiro atoms. The van der Waals surface area contributed by atoms with E-state index in [9.17, 15) is 4.79 Å². The van der Waals surface area contributed by atoms with Gasteiger partial charge in [0.25, 0.3) is 5.91 Å². The second-order valence-corrected chi connectivity index (χ2v) is 9.05. The van der Waals surface area contributed by atoms with Gasteiger partial charge in [-0.2, -0.15) is 0 Å².